The highest BCUT2D eigenvalue weighted by Gasteiger charge is 2.44. The van der Waals surface area contributed by atoms with Gasteiger partial charge in [-0.1, -0.05) is 0 Å². The zero-order chi connectivity index (χ0) is 29.5. The summed E-state index contributed by atoms with van der Waals surface area (Å²) in [6.07, 6.45) is 5.45. The second-order valence-electron chi connectivity index (χ2n) is 11.6. The van der Waals surface area contributed by atoms with Crippen LogP contribution in [-0.2, 0) is 14.8 Å². The van der Waals surface area contributed by atoms with Crippen LogP contribution in [-0.4, -0.2) is 70.9 Å². The number of anilines is 4. The molecular weight excluding hydrogens is 568 g/mol. The molecule has 3 aromatic rings. The van der Waals surface area contributed by atoms with Crippen LogP contribution >= 0.6 is 0 Å². The summed E-state index contributed by atoms with van der Waals surface area (Å²) in [5, 5.41) is 3.59. The van der Waals surface area contributed by atoms with Gasteiger partial charge < -0.3 is 24.3 Å². The number of hydrogen-bond donors (Lipinski definition) is 2. The van der Waals surface area contributed by atoms with Crippen molar-refractivity contribution in [2.24, 2.45) is 5.41 Å². The minimum Gasteiger partial charge on any atom is -0.460 e. The first kappa shape index (κ1) is 28.7. The van der Waals surface area contributed by atoms with Crippen molar-refractivity contribution in [2.45, 2.75) is 44.4 Å². The molecule has 2 aliphatic heterocycles. The Kier molecular flexibility index (Phi) is 7.50. The lowest BCUT2D eigenvalue weighted by molar-refractivity contribution is -0.0221. The fourth-order valence-corrected chi connectivity index (χ4v) is 6.81. The van der Waals surface area contributed by atoms with Crippen LogP contribution in [0.2, 0.25) is 0 Å². The van der Waals surface area contributed by atoms with E-state index in [4.69, 9.17) is 9.15 Å². The Hall–Kier alpha value is -3.45. The summed E-state index contributed by atoms with van der Waals surface area (Å²) in [6, 6.07) is 8.32. The molecule has 10 nitrogen and oxygen atoms in total. The number of hydrogen-bond acceptors (Lipinski definition) is 8. The fourth-order valence-electron chi connectivity index (χ4n) is 5.84. The maximum atomic E-state index is 13.8. The number of rotatable bonds is 9. The largest absolute Gasteiger partial charge is 0.460 e. The van der Waals surface area contributed by atoms with Crippen molar-refractivity contribution in [3.63, 3.8) is 0 Å². The molecule has 0 radical (unpaired) electrons. The average Bonchev–Trinajstić information content (AvgIpc) is 3.53. The molecule has 0 unspecified atom stereocenters. The monoisotopic (exact) mass is 603 g/mol. The first-order chi connectivity index (χ1) is 20.1. The van der Waals surface area contributed by atoms with Crippen LogP contribution in [0.25, 0.3) is 11.0 Å². The SMILES string of the molecule is COCCS(=O)(=O)Nc1ccc(C(=O)Nc2cc3ccoc3c(N3CCC(F)(F)CC3)n2)c(N2CCC3(CC2)CC3)c1. The zero-order valence-electron chi connectivity index (χ0n) is 23.5. The van der Waals surface area contributed by atoms with Gasteiger partial charge in [-0.2, -0.15) is 0 Å². The smallest absolute Gasteiger partial charge is 0.258 e. The number of fused-ring (bicyclic) bond motifs is 1. The van der Waals surface area contributed by atoms with E-state index in [1.54, 1.807) is 35.2 Å². The second kappa shape index (κ2) is 11.0. The number of ether oxygens (including phenoxy) is 1. The van der Waals surface area contributed by atoms with E-state index < -0.39 is 21.9 Å². The molecule has 1 saturated carbocycles. The molecule has 1 aromatic carbocycles. The van der Waals surface area contributed by atoms with Gasteiger partial charge >= 0.3 is 0 Å². The lowest BCUT2D eigenvalue weighted by Crippen LogP contribution is -2.39. The van der Waals surface area contributed by atoms with Gasteiger partial charge in [-0.05, 0) is 61.4 Å². The molecule has 0 bridgehead atoms. The van der Waals surface area contributed by atoms with Gasteiger partial charge in [0.05, 0.1) is 35.6 Å². The predicted octanol–water partition coefficient (Wildman–Crippen LogP) is 5.08. The number of sulfonamides is 1. The van der Waals surface area contributed by atoms with E-state index in [-0.39, 0.29) is 44.1 Å². The zero-order valence-corrected chi connectivity index (χ0v) is 24.3. The summed E-state index contributed by atoms with van der Waals surface area (Å²) in [4.78, 5) is 22.2. The summed E-state index contributed by atoms with van der Waals surface area (Å²) < 4.78 is 65.9. The van der Waals surface area contributed by atoms with Crippen molar-refractivity contribution in [2.75, 3.05) is 65.5 Å². The highest BCUT2D eigenvalue weighted by Crippen LogP contribution is 2.54. The van der Waals surface area contributed by atoms with Crippen LogP contribution in [0, 0.1) is 5.41 Å². The lowest BCUT2D eigenvalue weighted by Gasteiger charge is -2.35. The predicted molar refractivity (Wildman–Crippen MR) is 157 cm³/mol. The highest BCUT2D eigenvalue weighted by molar-refractivity contribution is 7.92. The fraction of sp³-hybridized carbons (Fsp3) is 0.517. The Balaban J connectivity index is 1.28. The minimum absolute atomic E-state index is 0.0622. The summed E-state index contributed by atoms with van der Waals surface area (Å²) >= 11 is 0. The Morgan fingerprint density at radius 2 is 1.74 bits per heavy atom. The van der Waals surface area contributed by atoms with E-state index in [0.717, 1.165) is 25.9 Å². The maximum Gasteiger partial charge on any atom is 0.258 e. The van der Waals surface area contributed by atoms with Gasteiger partial charge in [0.15, 0.2) is 11.4 Å². The van der Waals surface area contributed by atoms with Crippen molar-refractivity contribution >= 4 is 49.9 Å². The summed E-state index contributed by atoms with van der Waals surface area (Å²) in [5.41, 5.74) is 2.28. The number of nitrogens with zero attached hydrogens (tertiary/aromatic N) is 3. The number of nitrogens with one attached hydrogen (secondary N) is 2. The molecular formula is C29H35F2N5O5S. The molecule has 3 fully saturated rings. The number of carbonyl (C=O) groups excluding carboxylic acids is 1. The number of amides is 1. The molecule has 42 heavy (non-hydrogen) atoms. The molecule has 226 valence electrons. The van der Waals surface area contributed by atoms with E-state index in [1.165, 1.54) is 26.2 Å². The molecule has 2 N–H and O–H groups in total. The molecule has 2 aromatic heterocycles. The summed E-state index contributed by atoms with van der Waals surface area (Å²) in [6.45, 7) is 1.84. The van der Waals surface area contributed by atoms with Gasteiger partial charge in [0.25, 0.3) is 11.8 Å². The van der Waals surface area contributed by atoms with Gasteiger partial charge in [0, 0.05) is 51.5 Å². The summed E-state index contributed by atoms with van der Waals surface area (Å²) in [7, 11) is -2.20. The molecule has 0 atom stereocenters. The molecule has 3 aliphatic rings. The molecule has 4 heterocycles. The highest BCUT2D eigenvalue weighted by atomic mass is 32.2. The Labute approximate surface area is 243 Å². The molecule has 1 spiro atoms. The van der Waals surface area contributed by atoms with Crippen molar-refractivity contribution < 1.29 is 31.1 Å². The van der Waals surface area contributed by atoms with Crippen LogP contribution in [0.3, 0.4) is 0 Å². The quantitative estimate of drug-likeness (QED) is 0.348. The first-order valence-corrected chi connectivity index (χ1v) is 15.9. The van der Waals surface area contributed by atoms with Crippen molar-refractivity contribution in [1.29, 1.82) is 0 Å². The molecule has 2 saturated heterocycles. The lowest BCUT2D eigenvalue weighted by atomic mass is 9.93. The van der Waals surface area contributed by atoms with E-state index in [2.05, 4.69) is 19.9 Å². The van der Waals surface area contributed by atoms with E-state index >= 15 is 0 Å². The number of halogens is 2. The van der Waals surface area contributed by atoms with Gasteiger partial charge in [-0.25, -0.2) is 22.2 Å². The third kappa shape index (κ3) is 6.17. The van der Waals surface area contributed by atoms with E-state index in [1.807, 2.05) is 0 Å². The van der Waals surface area contributed by atoms with Gasteiger partial charge in [0.1, 0.15) is 5.82 Å². The van der Waals surface area contributed by atoms with E-state index in [0.29, 0.717) is 39.1 Å². The van der Waals surface area contributed by atoms with Crippen LogP contribution < -0.4 is 19.8 Å². The number of methoxy groups -OCH3 is 1. The van der Waals surface area contributed by atoms with Crippen LogP contribution in [0.15, 0.2) is 41.0 Å². The number of pyridine rings is 1. The topological polar surface area (TPSA) is 117 Å². The second-order valence-corrected chi connectivity index (χ2v) is 13.4. The third-order valence-electron chi connectivity index (χ3n) is 8.65. The summed E-state index contributed by atoms with van der Waals surface area (Å²) in [5.74, 6) is -2.62. The average molecular weight is 604 g/mol. The Morgan fingerprint density at radius 1 is 1.02 bits per heavy atom. The van der Waals surface area contributed by atoms with Crippen LogP contribution in [0.5, 0.6) is 0 Å². The van der Waals surface area contributed by atoms with E-state index in [9.17, 15) is 22.0 Å². The standard InChI is InChI=1S/C29H35F2N5O5S/c1-40-16-17-42(38,39)34-21-2-3-22(23(19-21)35-11-7-28(5-6-28)8-12-35)27(37)33-24-18-20-4-15-41-25(20)26(32-24)36-13-9-29(30,31)10-14-36/h2-4,15,18-19,34H,5-14,16-17H2,1H3,(H,32,33,37). The number of carbonyl (C=O) groups is 1. The van der Waals surface area contributed by atoms with Crippen molar-refractivity contribution in [3.05, 3.63) is 42.2 Å². The Morgan fingerprint density at radius 3 is 2.43 bits per heavy atom. The normalized spacial score (nSPS) is 19.7. The van der Waals surface area contributed by atoms with Gasteiger partial charge in [-0.3, -0.25) is 9.52 Å². The van der Waals surface area contributed by atoms with Crippen molar-refractivity contribution in [3.8, 4) is 0 Å². The van der Waals surface area contributed by atoms with Gasteiger partial charge in [0.2, 0.25) is 10.0 Å². The first-order valence-electron chi connectivity index (χ1n) is 14.3. The van der Waals surface area contributed by atoms with Gasteiger partial charge in [-0.15, -0.1) is 0 Å². The Bertz CT molecular complexity index is 1570. The number of alkyl halides is 2. The number of furan rings is 1. The number of piperidine rings is 2. The molecule has 13 heteroatoms. The number of benzene rings is 1. The van der Waals surface area contributed by atoms with Crippen molar-refractivity contribution in [1.82, 2.24) is 4.98 Å². The number of aromatic nitrogens is 1. The molecule has 6 rings (SSSR count). The maximum absolute atomic E-state index is 13.8. The third-order valence-corrected chi connectivity index (χ3v) is 9.90. The van der Waals surface area contributed by atoms with Crippen LogP contribution in [0.1, 0.15) is 48.9 Å². The van der Waals surface area contributed by atoms with Crippen LogP contribution in [0.4, 0.5) is 31.8 Å². The minimum atomic E-state index is -3.64. The molecule has 1 aliphatic carbocycles. The molecule has 1 amide bonds.